The van der Waals surface area contributed by atoms with Crippen LogP contribution in [0.15, 0.2) is 72.8 Å². The second kappa shape index (κ2) is 12.1. The summed E-state index contributed by atoms with van der Waals surface area (Å²) in [5.41, 5.74) is 1.55. The van der Waals surface area contributed by atoms with Gasteiger partial charge < -0.3 is 20.7 Å². The molecule has 1 unspecified atom stereocenters. The zero-order valence-corrected chi connectivity index (χ0v) is 18.3. The van der Waals surface area contributed by atoms with E-state index in [-0.39, 0.29) is 37.7 Å². The topological polar surface area (TPSA) is 104 Å². The molecule has 0 saturated heterocycles. The van der Waals surface area contributed by atoms with Crippen LogP contribution in [0.4, 0.5) is 0 Å². The minimum absolute atomic E-state index is 0.119. The Morgan fingerprint density at radius 1 is 0.818 bits per heavy atom. The van der Waals surface area contributed by atoms with Crippen LogP contribution in [0.25, 0.3) is 10.8 Å². The number of carbonyl (C=O) groups excluding carboxylic acids is 4. The first kappa shape index (κ1) is 23.7. The van der Waals surface area contributed by atoms with Crippen LogP contribution in [-0.4, -0.2) is 43.1 Å². The quantitative estimate of drug-likeness (QED) is 0.311. The number of rotatable bonds is 11. The number of hydrogen-bond acceptors (Lipinski definition) is 4. The summed E-state index contributed by atoms with van der Waals surface area (Å²) in [5, 5.41) is 10.0. The van der Waals surface area contributed by atoms with E-state index in [9.17, 15) is 19.2 Å². The van der Waals surface area contributed by atoms with E-state index in [0.717, 1.165) is 16.3 Å². The number of nitrogens with one attached hydrogen (secondary N) is 3. The zero-order chi connectivity index (χ0) is 23.5. The monoisotopic (exact) mass is 445 g/mol. The highest BCUT2D eigenvalue weighted by molar-refractivity contribution is 5.98. The average Bonchev–Trinajstić information content (AvgIpc) is 2.85. The van der Waals surface area contributed by atoms with Gasteiger partial charge >= 0.3 is 0 Å². The Balaban J connectivity index is 1.42. The predicted octanol–water partition coefficient (Wildman–Crippen LogP) is 2.39. The van der Waals surface area contributed by atoms with E-state index in [2.05, 4.69) is 16.0 Å². The van der Waals surface area contributed by atoms with Gasteiger partial charge in [0.15, 0.2) is 0 Å². The Labute approximate surface area is 192 Å². The van der Waals surface area contributed by atoms with Crippen molar-refractivity contribution in [1.82, 2.24) is 16.0 Å². The lowest BCUT2D eigenvalue weighted by Crippen LogP contribution is -2.48. The molecule has 3 N–H and O–H groups in total. The van der Waals surface area contributed by atoms with Crippen LogP contribution in [0.2, 0.25) is 0 Å². The third-order valence-electron chi connectivity index (χ3n) is 5.19. The van der Waals surface area contributed by atoms with Crippen molar-refractivity contribution in [2.75, 3.05) is 13.1 Å². The summed E-state index contributed by atoms with van der Waals surface area (Å²) >= 11 is 0. The maximum atomic E-state index is 12.4. The molecule has 0 aromatic heterocycles. The van der Waals surface area contributed by atoms with Gasteiger partial charge in [-0.1, -0.05) is 60.7 Å². The molecule has 170 valence electrons. The lowest BCUT2D eigenvalue weighted by Gasteiger charge is -2.16. The normalized spacial score (nSPS) is 11.4. The fourth-order valence-corrected chi connectivity index (χ4v) is 3.41. The van der Waals surface area contributed by atoms with Crippen molar-refractivity contribution < 1.29 is 19.2 Å². The van der Waals surface area contributed by atoms with Crippen molar-refractivity contribution >= 4 is 34.8 Å². The van der Waals surface area contributed by atoms with Gasteiger partial charge in [0.25, 0.3) is 5.91 Å². The van der Waals surface area contributed by atoms with E-state index in [1.165, 1.54) is 0 Å². The molecule has 0 aliphatic heterocycles. The summed E-state index contributed by atoms with van der Waals surface area (Å²) in [6.07, 6.45) is 1.24. The molecule has 0 fully saturated rings. The van der Waals surface area contributed by atoms with Gasteiger partial charge in [-0.2, -0.15) is 0 Å². The van der Waals surface area contributed by atoms with Crippen molar-refractivity contribution in [3.8, 4) is 0 Å². The molecule has 0 aliphatic carbocycles. The summed E-state index contributed by atoms with van der Waals surface area (Å²) in [6.45, 7) is 0.389. The van der Waals surface area contributed by atoms with E-state index in [0.29, 0.717) is 18.3 Å². The largest absolute Gasteiger partial charge is 0.353 e. The number of fused-ring (bicyclic) bond motifs is 1. The fraction of sp³-hybridized carbons (Fsp3) is 0.231. The third-order valence-corrected chi connectivity index (χ3v) is 5.19. The molecule has 0 heterocycles. The summed E-state index contributed by atoms with van der Waals surface area (Å²) < 4.78 is 0. The smallest absolute Gasteiger partial charge is 0.251 e. The molecule has 3 rings (SSSR count). The van der Waals surface area contributed by atoms with Gasteiger partial charge in [0.2, 0.25) is 11.8 Å². The van der Waals surface area contributed by atoms with Gasteiger partial charge in [-0.05, 0) is 34.9 Å². The van der Waals surface area contributed by atoms with Crippen molar-refractivity contribution in [2.45, 2.75) is 25.3 Å². The van der Waals surface area contributed by atoms with E-state index >= 15 is 0 Å². The number of amides is 3. The Morgan fingerprint density at radius 2 is 1.52 bits per heavy atom. The number of benzene rings is 3. The van der Waals surface area contributed by atoms with Crippen LogP contribution in [0.3, 0.4) is 0 Å². The highest BCUT2D eigenvalue weighted by Crippen LogP contribution is 2.15. The van der Waals surface area contributed by atoms with Crippen LogP contribution in [0, 0.1) is 0 Å². The molecule has 0 radical (unpaired) electrons. The molecule has 0 aliphatic rings. The SMILES string of the molecule is O=CCC(NC(=O)CCc1ccccc1)C(=O)NCCNC(=O)c1ccc2ccccc2c1. The Kier molecular flexibility index (Phi) is 8.71. The molecular formula is C26H27N3O4. The second-order valence-electron chi connectivity index (χ2n) is 7.62. The molecule has 3 aromatic rings. The summed E-state index contributed by atoms with van der Waals surface area (Å²) in [7, 11) is 0. The lowest BCUT2D eigenvalue weighted by molar-refractivity contribution is -0.129. The minimum Gasteiger partial charge on any atom is -0.353 e. The van der Waals surface area contributed by atoms with E-state index in [4.69, 9.17) is 0 Å². The van der Waals surface area contributed by atoms with Gasteiger partial charge in [-0.25, -0.2) is 0 Å². The van der Waals surface area contributed by atoms with Gasteiger partial charge in [0.1, 0.15) is 12.3 Å². The minimum atomic E-state index is -0.943. The standard InChI is InChI=1S/C26H27N3O4/c30-17-14-23(29-24(31)13-10-19-6-2-1-3-7-19)26(33)28-16-15-27-25(32)22-12-11-20-8-4-5-9-21(20)18-22/h1-9,11-12,17-18,23H,10,13-16H2,(H,27,32)(H,28,33)(H,29,31). The van der Waals surface area contributed by atoms with Crippen LogP contribution in [0.1, 0.15) is 28.8 Å². The maximum Gasteiger partial charge on any atom is 0.251 e. The van der Waals surface area contributed by atoms with Crippen molar-refractivity contribution in [2.24, 2.45) is 0 Å². The summed E-state index contributed by atoms with van der Waals surface area (Å²) in [6, 6.07) is 21.8. The molecule has 7 nitrogen and oxygen atoms in total. The third kappa shape index (κ3) is 7.28. The number of hydrogen-bond donors (Lipinski definition) is 3. The molecule has 0 saturated carbocycles. The number of aryl methyl sites for hydroxylation is 1. The fourth-order valence-electron chi connectivity index (χ4n) is 3.41. The molecule has 33 heavy (non-hydrogen) atoms. The Hall–Kier alpha value is -4.00. The van der Waals surface area contributed by atoms with Crippen LogP contribution < -0.4 is 16.0 Å². The molecule has 0 bridgehead atoms. The van der Waals surface area contributed by atoms with E-state index < -0.39 is 11.9 Å². The molecule has 7 heteroatoms. The Morgan fingerprint density at radius 3 is 2.27 bits per heavy atom. The van der Waals surface area contributed by atoms with Crippen molar-refractivity contribution in [1.29, 1.82) is 0 Å². The lowest BCUT2D eigenvalue weighted by atomic mass is 10.1. The first-order valence-electron chi connectivity index (χ1n) is 10.9. The molecule has 3 aromatic carbocycles. The van der Waals surface area contributed by atoms with Crippen LogP contribution in [0.5, 0.6) is 0 Å². The van der Waals surface area contributed by atoms with Crippen molar-refractivity contribution in [3.05, 3.63) is 83.9 Å². The number of carbonyl (C=O) groups is 4. The second-order valence-corrected chi connectivity index (χ2v) is 7.62. The number of aldehydes is 1. The van der Waals surface area contributed by atoms with Crippen molar-refractivity contribution in [3.63, 3.8) is 0 Å². The highest BCUT2D eigenvalue weighted by Gasteiger charge is 2.20. The first-order valence-corrected chi connectivity index (χ1v) is 10.9. The molecular weight excluding hydrogens is 418 g/mol. The van der Waals surface area contributed by atoms with Gasteiger partial charge in [0.05, 0.1) is 0 Å². The predicted molar refractivity (Wildman–Crippen MR) is 127 cm³/mol. The van der Waals surface area contributed by atoms with Gasteiger partial charge in [-0.3, -0.25) is 14.4 Å². The molecule has 0 spiro atoms. The summed E-state index contributed by atoms with van der Waals surface area (Å²) in [5.74, 6) is -1.01. The molecule has 1 atom stereocenters. The average molecular weight is 446 g/mol. The van der Waals surface area contributed by atoms with Crippen LogP contribution >= 0.6 is 0 Å². The maximum absolute atomic E-state index is 12.4. The summed E-state index contributed by atoms with van der Waals surface area (Å²) in [4.78, 5) is 48.0. The van der Waals surface area contributed by atoms with Crippen LogP contribution in [-0.2, 0) is 20.8 Å². The van der Waals surface area contributed by atoms with Gasteiger partial charge in [-0.15, -0.1) is 0 Å². The van der Waals surface area contributed by atoms with E-state index in [1.54, 1.807) is 6.07 Å². The Bertz CT molecular complexity index is 1110. The molecule has 3 amide bonds. The zero-order valence-electron chi connectivity index (χ0n) is 18.3. The van der Waals surface area contributed by atoms with Gasteiger partial charge in [0, 0.05) is 31.5 Å². The highest BCUT2D eigenvalue weighted by atomic mass is 16.2. The first-order chi connectivity index (χ1) is 16.1. The van der Waals surface area contributed by atoms with E-state index in [1.807, 2.05) is 66.7 Å².